The van der Waals surface area contributed by atoms with Gasteiger partial charge in [0, 0.05) is 53.3 Å². The number of carbonyl (C=O) groups excluding carboxylic acids is 1. The Kier molecular flexibility index (Phi) is 13.8. The summed E-state index contributed by atoms with van der Waals surface area (Å²) in [4.78, 5) is 20.4. The highest BCUT2D eigenvalue weighted by atomic mass is 127. The first-order valence-corrected chi connectivity index (χ1v) is 10.1. The van der Waals surface area contributed by atoms with Gasteiger partial charge in [0.05, 0.1) is 19.8 Å². The lowest BCUT2D eigenvalue weighted by Crippen LogP contribution is -2.44. The maximum Gasteiger partial charge on any atom is 0.410 e. The summed E-state index contributed by atoms with van der Waals surface area (Å²) < 4.78 is 16.1. The van der Waals surface area contributed by atoms with Gasteiger partial charge in [-0.15, -0.1) is 24.0 Å². The van der Waals surface area contributed by atoms with Gasteiger partial charge >= 0.3 is 6.09 Å². The Hall–Kier alpha value is -0.810. The topological polar surface area (TPSA) is 75.6 Å². The van der Waals surface area contributed by atoms with Crippen molar-refractivity contribution in [2.45, 2.75) is 39.7 Å². The molecule has 8 nitrogen and oxygen atoms in total. The van der Waals surface area contributed by atoms with E-state index in [0.717, 1.165) is 38.6 Å². The maximum atomic E-state index is 12.1. The summed E-state index contributed by atoms with van der Waals surface area (Å²) >= 11 is 0. The summed E-state index contributed by atoms with van der Waals surface area (Å²) in [5.41, 5.74) is -0.478. The van der Waals surface area contributed by atoms with Crippen LogP contribution < -0.4 is 5.32 Å². The van der Waals surface area contributed by atoms with Gasteiger partial charge < -0.3 is 29.3 Å². The van der Waals surface area contributed by atoms with Crippen LogP contribution in [0.1, 0.15) is 34.1 Å². The number of likely N-dealkylation sites (tertiary alicyclic amines) is 1. The zero-order valence-corrected chi connectivity index (χ0v) is 21.5. The number of hydrogen-bond acceptors (Lipinski definition) is 5. The highest BCUT2D eigenvalue weighted by molar-refractivity contribution is 14.0. The minimum absolute atomic E-state index is 0. The van der Waals surface area contributed by atoms with Crippen molar-refractivity contribution in [3.63, 3.8) is 0 Å². The van der Waals surface area contributed by atoms with Crippen molar-refractivity contribution in [3.05, 3.63) is 0 Å². The molecule has 0 aromatic heterocycles. The van der Waals surface area contributed by atoms with Crippen LogP contribution in [0.4, 0.5) is 4.79 Å². The molecule has 1 saturated heterocycles. The van der Waals surface area contributed by atoms with Gasteiger partial charge in [0.15, 0.2) is 5.96 Å². The van der Waals surface area contributed by atoms with Crippen molar-refractivity contribution in [2.24, 2.45) is 16.8 Å². The first-order valence-electron chi connectivity index (χ1n) is 10.1. The van der Waals surface area contributed by atoms with Crippen LogP contribution in [0.5, 0.6) is 0 Å². The predicted molar refractivity (Wildman–Crippen MR) is 127 cm³/mol. The number of halogens is 1. The second-order valence-corrected chi connectivity index (χ2v) is 8.56. The zero-order chi connectivity index (χ0) is 21.2. The number of aliphatic imine (C=N–C) groups is 1. The zero-order valence-electron chi connectivity index (χ0n) is 19.2. The molecule has 0 aliphatic carbocycles. The number of hydrogen-bond donors (Lipinski definition) is 1. The van der Waals surface area contributed by atoms with Crippen LogP contribution in [0.3, 0.4) is 0 Å². The molecule has 2 unspecified atom stereocenters. The summed E-state index contributed by atoms with van der Waals surface area (Å²) in [6.07, 6.45) is 0.810. The van der Waals surface area contributed by atoms with Gasteiger partial charge in [-0.2, -0.15) is 0 Å². The van der Waals surface area contributed by atoms with Crippen LogP contribution in [0.2, 0.25) is 0 Å². The van der Waals surface area contributed by atoms with E-state index in [1.807, 2.05) is 27.8 Å². The van der Waals surface area contributed by atoms with Crippen LogP contribution in [-0.4, -0.2) is 94.7 Å². The second kappa shape index (κ2) is 14.2. The van der Waals surface area contributed by atoms with E-state index in [4.69, 9.17) is 14.2 Å². The van der Waals surface area contributed by atoms with E-state index in [0.29, 0.717) is 25.7 Å². The standard InChI is InChI=1S/C20H40N4O4.HI/c1-16(13-23(6)19(25)28-20(2,3)4)12-22-18(21-5)24-9-8-17(14-24)15-27-11-10-26-7;/h16-17H,8-15H2,1-7H3,(H,21,22);1H. The number of carbonyl (C=O) groups is 1. The van der Waals surface area contributed by atoms with E-state index in [2.05, 4.69) is 22.1 Å². The third kappa shape index (κ3) is 11.8. The van der Waals surface area contributed by atoms with Gasteiger partial charge in [-0.05, 0) is 33.1 Å². The SMILES string of the molecule is CN=C(NCC(C)CN(C)C(=O)OC(C)(C)C)N1CCC(COCCOC)C1.I. The van der Waals surface area contributed by atoms with Gasteiger partial charge in [-0.3, -0.25) is 4.99 Å². The summed E-state index contributed by atoms with van der Waals surface area (Å²) in [5.74, 6) is 1.70. The molecule has 2 atom stereocenters. The van der Waals surface area contributed by atoms with Crippen molar-refractivity contribution in [3.8, 4) is 0 Å². The van der Waals surface area contributed by atoms with Crippen LogP contribution in [0.15, 0.2) is 4.99 Å². The summed E-state index contributed by atoms with van der Waals surface area (Å²) in [7, 11) is 5.26. The molecule has 1 amide bonds. The molecule has 0 spiro atoms. The Morgan fingerprint density at radius 3 is 2.62 bits per heavy atom. The molecule has 29 heavy (non-hydrogen) atoms. The summed E-state index contributed by atoms with van der Waals surface area (Å²) in [6, 6.07) is 0. The molecule has 0 radical (unpaired) electrons. The first kappa shape index (κ1) is 28.2. The Labute approximate surface area is 193 Å². The normalized spacial score (nSPS) is 18.2. The van der Waals surface area contributed by atoms with Crippen molar-refractivity contribution in [1.82, 2.24) is 15.1 Å². The highest BCUT2D eigenvalue weighted by Crippen LogP contribution is 2.17. The number of amides is 1. The average Bonchev–Trinajstić information content (AvgIpc) is 3.06. The lowest BCUT2D eigenvalue weighted by Gasteiger charge is -2.27. The lowest BCUT2D eigenvalue weighted by molar-refractivity contribution is 0.0278. The Morgan fingerprint density at radius 1 is 1.34 bits per heavy atom. The van der Waals surface area contributed by atoms with E-state index in [-0.39, 0.29) is 36.0 Å². The van der Waals surface area contributed by atoms with Crippen molar-refractivity contribution < 1.29 is 19.0 Å². The molecule has 1 aliphatic rings. The fourth-order valence-electron chi connectivity index (χ4n) is 3.10. The third-order valence-electron chi connectivity index (χ3n) is 4.48. The van der Waals surface area contributed by atoms with Crippen molar-refractivity contribution in [1.29, 1.82) is 0 Å². The molecule has 0 aromatic carbocycles. The van der Waals surface area contributed by atoms with E-state index < -0.39 is 5.60 Å². The quantitative estimate of drug-likeness (QED) is 0.215. The predicted octanol–water partition coefficient (Wildman–Crippen LogP) is 2.67. The molecule has 0 saturated carbocycles. The van der Waals surface area contributed by atoms with Crippen LogP contribution in [0, 0.1) is 11.8 Å². The number of ether oxygens (including phenoxy) is 3. The molecule has 0 bridgehead atoms. The van der Waals surface area contributed by atoms with Crippen molar-refractivity contribution in [2.75, 3.05) is 67.2 Å². The molecule has 1 rings (SSSR count). The van der Waals surface area contributed by atoms with Gasteiger partial charge in [0.2, 0.25) is 0 Å². The number of methoxy groups -OCH3 is 1. The second-order valence-electron chi connectivity index (χ2n) is 8.56. The molecular formula is C20H41IN4O4. The number of guanidine groups is 1. The van der Waals surface area contributed by atoms with Gasteiger partial charge in [-0.25, -0.2) is 4.79 Å². The maximum absolute atomic E-state index is 12.1. The van der Waals surface area contributed by atoms with Gasteiger partial charge in [-0.1, -0.05) is 6.92 Å². The van der Waals surface area contributed by atoms with Gasteiger partial charge in [0.25, 0.3) is 0 Å². The van der Waals surface area contributed by atoms with E-state index >= 15 is 0 Å². The minimum atomic E-state index is -0.478. The Morgan fingerprint density at radius 2 is 2.03 bits per heavy atom. The number of nitrogens with one attached hydrogen (secondary N) is 1. The number of nitrogens with zero attached hydrogens (tertiary/aromatic N) is 3. The molecular weight excluding hydrogens is 487 g/mol. The number of rotatable bonds is 9. The molecule has 172 valence electrons. The fourth-order valence-corrected chi connectivity index (χ4v) is 3.10. The first-order chi connectivity index (χ1) is 13.2. The summed E-state index contributed by atoms with van der Waals surface area (Å²) in [5, 5.41) is 3.44. The smallest absolute Gasteiger partial charge is 0.410 e. The van der Waals surface area contributed by atoms with E-state index in [9.17, 15) is 4.79 Å². The third-order valence-corrected chi connectivity index (χ3v) is 4.48. The molecule has 1 heterocycles. The fraction of sp³-hybridized carbons (Fsp3) is 0.900. The van der Waals surface area contributed by atoms with Crippen molar-refractivity contribution >= 4 is 36.0 Å². The van der Waals surface area contributed by atoms with Crippen LogP contribution in [0.25, 0.3) is 0 Å². The highest BCUT2D eigenvalue weighted by Gasteiger charge is 2.25. The van der Waals surface area contributed by atoms with Gasteiger partial charge in [0.1, 0.15) is 5.60 Å². The molecule has 1 fully saturated rings. The monoisotopic (exact) mass is 528 g/mol. The lowest BCUT2D eigenvalue weighted by atomic mass is 10.1. The van der Waals surface area contributed by atoms with Crippen LogP contribution >= 0.6 is 24.0 Å². The van der Waals surface area contributed by atoms with Crippen LogP contribution in [-0.2, 0) is 14.2 Å². The van der Waals surface area contributed by atoms with E-state index in [1.165, 1.54) is 0 Å². The average molecular weight is 528 g/mol. The Balaban J connectivity index is 0.00000784. The molecule has 1 N–H and O–H groups in total. The molecule has 9 heteroatoms. The minimum Gasteiger partial charge on any atom is -0.444 e. The Bertz CT molecular complexity index is 499. The largest absolute Gasteiger partial charge is 0.444 e. The molecule has 0 aromatic rings. The van der Waals surface area contributed by atoms with E-state index in [1.54, 1.807) is 19.1 Å². The summed E-state index contributed by atoms with van der Waals surface area (Å²) in [6.45, 7) is 13.0. The molecule has 1 aliphatic heterocycles.